The van der Waals surface area contributed by atoms with Crippen LogP contribution >= 0.6 is 0 Å². The average molecular weight is 574 g/mol. The van der Waals surface area contributed by atoms with Crippen LogP contribution < -0.4 is 0 Å². The molecular weight excluding hydrogens is 540 g/mol. The first-order chi connectivity index (χ1) is 18.7. The number of carboxylic acids is 1. The molecule has 5 atom stereocenters. The highest BCUT2D eigenvalue weighted by Gasteiger charge is 2.43. The van der Waals surface area contributed by atoms with E-state index in [4.69, 9.17) is 9.47 Å². The normalized spacial score (nSPS) is 27.4. The van der Waals surface area contributed by atoms with E-state index in [1.54, 1.807) is 6.92 Å². The van der Waals surface area contributed by atoms with Gasteiger partial charge in [0.05, 0.1) is 42.0 Å². The van der Waals surface area contributed by atoms with Crippen molar-refractivity contribution in [2.45, 2.75) is 57.2 Å². The molecule has 2 heterocycles. The lowest BCUT2D eigenvalue weighted by Crippen LogP contribution is -2.50. The molecule has 2 fully saturated rings. The molecule has 2 aromatic rings. The first-order valence-electron chi connectivity index (χ1n) is 13.2. The van der Waals surface area contributed by atoms with E-state index in [-0.39, 0.29) is 30.1 Å². The lowest BCUT2D eigenvalue weighted by atomic mass is 9.78. The number of nitrogens with zero attached hydrogens (tertiary/aromatic N) is 1. The molecule has 0 unspecified atom stereocenters. The molecule has 220 valence electrons. The van der Waals surface area contributed by atoms with E-state index in [9.17, 15) is 36.2 Å². The van der Waals surface area contributed by atoms with Crippen LogP contribution in [-0.4, -0.2) is 54.9 Å². The van der Waals surface area contributed by atoms with Gasteiger partial charge in [0.25, 0.3) is 0 Å². The number of carboxylic acid groups (broad SMARTS) is 1. The van der Waals surface area contributed by atoms with Gasteiger partial charge in [0.1, 0.15) is 0 Å². The molecule has 1 N–H and O–H groups in total. The maximum absolute atomic E-state index is 13.5. The van der Waals surface area contributed by atoms with Crippen LogP contribution in [0.2, 0.25) is 0 Å². The third-order valence-corrected chi connectivity index (χ3v) is 7.95. The zero-order valence-electron chi connectivity index (χ0n) is 22.3. The second kappa shape index (κ2) is 11.7. The smallest absolute Gasteiger partial charge is 0.416 e. The predicted octanol–water partition coefficient (Wildman–Crippen LogP) is 6.79. The van der Waals surface area contributed by atoms with Crippen LogP contribution in [0.1, 0.15) is 61.0 Å². The number of benzene rings is 2. The molecule has 11 heteroatoms. The average Bonchev–Trinajstić information content (AvgIpc) is 2.88. The number of likely N-dealkylation sites (tertiary alicyclic amines) is 1. The van der Waals surface area contributed by atoms with Gasteiger partial charge in [-0.1, -0.05) is 30.3 Å². The Morgan fingerprint density at radius 2 is 1.70 bits per heavy atom. The molecule has 0 radical (unpaired) electrons. The number of rotatable bonds is 7. The number of aliphatic carboxylic acids is 1. The minimum atomic E-state index is -4.96. The Morgan fingerprint density at radius 1 is 1.07 bits per heavy atom. The Balaban J connectivity index is 1.61. The van der Waals surface area contributed by atoms with Gasteiger partial charge in [0.15, 0.2) is 0 Å². The maximum Gasteiger partial charge on any atom is 0.416 e. The van der Waals surface area contributed by atoms with Gasteiger partial charge in [-0.2, -0.15) is 26.3 Å². The number of ether oxygens (including phenoxy) is 2. The van der Waals surface area contributed by atoms with Crippen molar-refractivity contribution in [1.29, 1.82) is 0 Å². The fraction of sp³-hybridized carbons (Fsp3) is 0.552. The van der Waals surface area contributed by atoms with E-state index in [0.717, 1.165) is 12.0 Å². The molecule has 0 spiro atoms. The zero-order valence-corrected chi connectivity index (χ0v) is 22.3. The summed E-state index contributed by atoms with van der Waals surface area (Å²) in [4.78, 5) is 14.0. The number of halogens is 6. The highest BCUT2D eigenvalue weighted by molar-refractivity contribution is 5.74. The second-order valence-electron chi connectivity index (χ2n) is 11.1. The van der Waals surface area contributed by atoms with E-state index < -0.39 is 47.1 Å². The Labute approximate surface area is 229 Å². The van der Waals surface area contributed by atoms with Crippen molar-refractivity contribution < 1.29 is 45.7 Å². The summed E-state index contributed by atoms with van der Waals surface area (Å²) in [5.41, 5.74) is -2.98. The molecule has 2 aliphatic rings. The quantitative estimate of drug-likeness (QED) is 0.370. The van der Waals surface area contributed by atoms with Crippen LogP contribution in [-0.2, 0) is 26.6 Å². The van der Waals surface area contributed by atoms with Gasteiger partial charge in [-0.25, -0.2) is 0 Å². The van der Waals surface area contributed by atoms with Gasteiger partial charge in [-0.3, -0.25) is 4.79 Å². The van der Waals surface area contributed by atoms with Crippen LogP contribution in [0.3, 0.4) is 0 Å². The maximum atomic E-state index is 13.5. The van der Waals surface area contributed by atoms with Crippen LogP contribution in [0.25, 0.3) is 0 Å². The minimum Gasteiger partial charge on any atom is -0.481 e. The molecule has 2 aliphatic heterocycles. The van der Waals surface area contributed by atoms with E-state index >= 15 is 0 Å². The first-order valence-corrected chi connectivity index (χ1v) is 13.2. The molecule has 5 nitrogen and oxygen atoms in total. The predicted molar refractivity (Wildman–Crippen MR) is 135 cm³/mol. The molecule has 40 heavy (non-hydrogen) atoms. The summed E-state index contributed by atoms with van der Waals surface area (Å²) in [6, 6.07) is 10.9. The van der Waals surface area contributed by atoms with Crippen LogP contribution in [0, 0.1) is 11.3 Å². The van der Waals surface area contributed by atoms with Crippen LogP contribution in [0.5, 0.6) is 0 Å². The van der Waals surface area contributed by atoms with Crippen molar-refractivity contribution in [3.8, 4) is 0 Å². The molecule has 0 bridgehead atoms. The summed E-state index contributed by atoms with van der Waals surface area (Å²) >= 11 is 0. The molecule has 0 saturated carbocycles. The van der Waals surface area contributed by atoms with Gasteiger partial charge in [0.2, 0.25) is 0 Å². The first kappa shape index (κ1) is 30.3. The van der Waals surface area contributed by atoms with Crippen LogP contribution in [0.4, 0.5) is 26.3 Å². The number of hydrogen-bond acceptors (Lipinski definition) is 4. The Bertz CT molecular complexity index is 1140. The monoisotopic (exact) mass is 573 g/mol. The van der Waals surface area contributed by atoms with E-state index in [1.165, 1.54) is 6.92 Å². The fourth-order valence-electron chi connectivity index (χ4n) is 5.86. The number of hydrogen-bond donors (Lipinski definition) is 1. The molecule has 0 amide bonds. The summed E-state index contributed by atoms with van der Waals surface area (Å²) < 4.78 is 92.8. The zero-order chi connectivity index (χ0) is 29.3. The fourth-order valence-corrected chi connectivity index (χ4v) is 5.86. The van der Waals surface area contributed by atoms with E-state index in [0.29, 0.717) is 44.8 Å². The van der Waals surface area contributed by atoms with Gasteiger partial charge >= 0.3 is 18.3 Å². The van der Waals surface area contributed by atoms with Gasteiger partial charge in [-0.15, -0.1) is 0 Å². The van der Waals surface area contributed by atoms with Gasteiger partial charge < -0.3 is 19.5 Å². The number of piperidine rings is 1. The van der Waals surface area contributed by atoms with Crippen LogP contribution in [0.15, 0.2) is 48.5 Å². The summed E-state index contributed by atoms with van der Waals surface area (Å²) in [6.07, 6.45) is -10.4. The lowest BCUT2D eigenvalue weighted by molar-refractivity contribution is -0.152. The topological polar surface area (TPSA) is 59.0 Å². The van der Waals surface area contributed by atoms with Crippen molar-refractivity contribution in [3.63, 3.8) is 0 Å². The molecule has 0 aliphatic carbocycles. The highest BCUT2D eigenvalue weighted by Crippen LogP contribution is 2.41. The lowest BCUT2D eigenvalue weighted by Gasteiger charge is -2.44. The number of carbonyl (C=O) groups is 1. The third-order valence-electron chi connectivity index (χ3n) is 7.95. The van der Waals surface area contributed by atoms with Gasteiger partial charge in [-0.05, 0) is 62.6 Å². The molecule has 2 saturated heterocycles. The summed E-state index contributed by atoms with van der Waals surface area (Å²) in [5.74, 6) is -1.27. The molecular formula is C29H33F6NO4. The highest BCUT2D eigenvalue weighted by atomic mass is 19.4. The SMILES string of the molecule is C[C@@H](O[C@H]1COC[C@H](CN2CCC[C@@](C)(C(=O)O)C2)[C@H]1c1ccccc1)c1cc(C(F)(F)F)cc(C(F)(F)F)c1. The van der Waals surface area contributed by atoms with Gasteiger partial charge in [0, 0.05) is 24.9 Å². The van der Waals surface area contributed by atoms with Crippen molar-refractivity contribution >= 4 is 5.97 Å². The van der Waals surface area contributed by atoms with Crippen molar-refractivity contribution in [2.24, 2.45) is 11.3 Å². The Morgan fingerprint density at radius 3 is 2.27 bits per heavy atom. The molecule has 4 rings (SSSR count). The van der Waals surface area contributed by atoms with Crippen molar-refractivity contribution in [2.75, 3.05) is 32.8 Å². The number of alkyl halides is 6. The van der Waals surface area contributed by atoms with Crippen molar-refractivity contribution in [3.05, 3.63) is 70.8 Å². The summed E-state index contributed by atoms with van der Waals surface area (Å²) in [6.45, 7) is 5.22. The standard InChI is InChI=1S/C29H33F6NO4/c1-18(20-11-22(28(30,31)32)13-23(12-20)29(33,34)35)40-24-16-39-15-21(25(24)19-7-4-3-5-8-19)14-36-10-6-9-27(2,17-36)26(37)38/h3-5,7-8,11-13,18,21,24-25H,6,9-10,14-17H2,1-2H3,(H,37,38)/t18-,21+,24+,25-,27-/m1/s1. The molecule has 0 aromatic heterocycles. The summed E-state index contributed by atoms with van der Waals surface area (Å²) in [5, 5.41) is 9.73. The second-order valence-corrected chi connectivity index (χ2v) is 11.1. The Hall–Kier alpha value is -2.63. The summed E-state index contributed by atoms with van der Waals surface area (Å²) in [7, 11) is 0. The van der Waals surface area contributed by atoms with E-state index in [2.05, 4.69) is 4.90 Å². The largest absolute Gasteiger partial charge is 0.481 e. The van der Waals surface area contributed by atoms with Crippen molar-refractivity contribution in [1.82, 2.24) is 4.90 Å². The minimum absolute atomic E-state index is 0.103. The third kappa shape index (κ3) is 6.98. The van der Waals surface area contributed by atoms with E-state index in [1.807, 2.05) is 30.3 Å². The molecule has 2 aromatic carbocycles. The Kier molecular flexibility index (Phi) is 8.87.